The molecule has 0 spiro atoms. The smallest absolute Gasteiger partial charge is 0.338 e. The van der Waals surface area contributed by atoms with Crippen LogP contribution in [0.2, 0.25) is 0 Å². The zero-order valence-corrected chi connectivity index (χ0v) is 22.1. The number of ether oxygens (including phenoxy) is 2. The van der Waals surface area contributed by atoms with Crippen molar-refractivity contribution < 1.29 is 34.1 Å². The van der Waals surface area contributed by atoms with Crippen LogP contribution >= 0.6 is 0 Å². The highest BCUT2D eigenvalue weighted by Crippen LogP contribution is 2.42. The molecule has 4 rings (SSSR count). The van der Waals surface area contributed by atoms with E-state index in [4.69, 9.17) is 9.47 Å². The molecular formula is C31H31NO7. The number of aromatic hydroxyl groups is 1. The number of aliphatic hydroxyl groups excluding tert-OH is 1. The van der Waals surface area contributed by atoms with Gasteiger partial charge in [-0.15, -0.1) is 0 Å². The van der Waals surface area contributed by atoms with Crippen molar-refractivity contribution in [3.05, 3.63) is 95.1 Å². The summed E-state index contributed by atoms with van der Waals surface area (Å²) in [5.41, 5.74) is 1.23. The molecule has 0 aliphatic carbocycles. The number of carbonyl (C=O) groups excluding carboxylic acids is 3. The summed E-state index contributed by atoms with van der Waals surface area (Å²) in [7, 11) is 0. The molecule has 3 aromatic carbocycles. The molecule has 3 aromatic rings. The van der Waals surface area contributed by atoms with Gasteiger partial charge in [0.25, 0.3) is 11.7 Å². The van der Waals surface area contributed by atoms with Crippen LogP contribution in [0.5, 0.6) is 11.5 Å². The molecule has 8 heteroatoms. The van der Waals surface area contributed by atoms with Crippen LogP contribution in [-0.2, 0) is 14.3 Å². The number of rotatable bonds is 9. The van der Waals surface area contributed by atoms with E-state index in [-0.39, 0.29) is 34.9 Å². The molecule has 1 fully saturated rings. The monoisotopic (exact) mass is 529 g/mol. The first-order valence-corrected chi connectivity index (χ1v) is 12.8. The molecule has 0 aromatic heterocycles. The van der Waals surface area contributed by atoms with Gasteiger partial charge in [0.05, 0.1) is 30.4 Å². The Morgan fingerprint density at radius 1 is 0.974 bits per heavy atom. The standard InChI is InChI=1S/C31H31NO7/c1-4-16-38-31(37)22-6-5-7-23(17-22)32-27(20-8-12-24(33)13-9-20)26(29(35)30(32)36)28(34)21-10-14-25(15-11-21)39-18-19(2)3/h5-15,17,19,27,33-34H,4,16,18H2,1-3H3/b28-26+. The number of carbonyl (C=O) groups is 3. The largest absolute Gasteiger partial charge is 0.508 e. The van der Waals surface area contributed by atoms with Crippen LogP contribution in [0.15, 0.2) is 78.4 Å². The van der Waals surface area contributed by atoms with Crippen LogP contribution in [0.25, 0.3) is 5.76 Å². The summed E-state index contributed by atoms with van der Waals surface area (Å²) in [4.78, 5) is 40.5. The lowest BCUT2D eigenvalue weighted by Gasteiger charge is -2.26. The van der Waals surface area contributed by atoms with E-state index < -0.39 is 23.7 Å². The summed E-state index contributed by atoms with van der Waals surface area (Å²) in [5.74, 6) is -1.66. The van der Waals surface area contributed by atoms with E-state index in [1.165, 1.54) is 23.1 Å². The summed E-state index contributed by atoms with van der Waals surface area (Å²) >= 11 is 0. The lowest BCUT2D eigenvalue weighted by atomic mass is 9.95. The Bertz CT molecular complexity index is 1390. The predicted octanol–water partition coefficient (Wildman–Crippen LogP) is 5.62. The summed E-state index contributed by atoms with van der Waals surface area (Å²) < 4.78 is 10.9. The van der Waals surface area contributed by atoms with E-state index in [1.807, 2.05) is 20.8 Å². The molecule has 1 amide bonds. The third kappa shape index (κ3) is 5.95. The third-order valence-electron chi connectivity index (χ3n) is 6.16. The van der Waals surface area contributed by atoms with Gasteiger partial charge in [0.2, 0.25) is 0 Å². The minimum atomic E-state index is -1.01. The van der Waals surface area contributed by atoms with Crippen molar-refractivity contribution in [1.82, 2.24) is 0 Å². The fourth-order valence-corrected chi connectivity index (χ4v) is 4.26. The molecule has 0 bridgehead atoms. The molecule has 8 nitrogen and oxygen atoms in total. The van der Waals surface area contributed by atoms with Gasteiger partial charge in [0.1, 0.15) is 17.3 Å². The molecule has 1 atom stereocenters. The van der Waals surface area contributed by atoms with Gasteiger partial charge in [-0.05, 0) is 72.5 Å². The number of phenolic OH excluding ortho intramolecular Hbond substituents is 1. The van der Waals surface area contributed by atoms with Crippen molar-refractivity contribution in [2.24, 2.45) is 5.92 Å². The van der Waals surface area contributed by atoms with Crippen molar-refractivity contribution >= 4 is 29.1 Å². The van der Waals surface area contributed by atoms with Crippen molar-refractivity contribution in [3.8, 4) is 11.5 Å². The first-order valence-electron chi connectivity index (χ1n) is 12.8. The Labute approximate surface area is 227 Å². The van der Waals surface area contributed by atoms with Gasteiger partial charge >= 0.3 is 5.97 Å². The summed E-state index contributed by atoms with van der Waals surface area (Å²) in [6.07, 6.45) is 0.658. The number of nitrogens with zero attached hydrogens (tertiary/aromatic N) is 1. The molecule has 1 aliphatic heterocycles. The van der Waals surface area contributed by atoms with Crippen LogP contribution in [-0.4, -0.2) is 41.1 Å². The van der Waals surface area contributed by atoms with Gasteiger partial charge < -0.3 is 19.7 Å². The Morgan fingerprint density at radius 3 is 2.31 bits per heavy atom. The Kier molecular flexibility index (Phi) is 8.34. The highest BCUT2D eigenvalue weighted by atomic mass is 16.5. The lowest BCUT2D eigenvalue weighted by Crippen LogP contribution is -2.29. The summed E-state index contributed by atoms with van der Waals surface area (Å²) in [5, 5.41) is 21.2. The van der Waals surface area contributed by atoms with Gasteiger partial charge in [-0.1, -0.05) is 39.0 Å². The van der Waals surface area contributed by atoms with Gasteiger partial charge in [-0.3, -0.25) is 14.5 Å². The van der Waals surface area contributed by atoms with Crippen molar-refractivity contribution in [2.75, 3.05) is 18.1 Å². The van der Waals surface area contributed by atoms with Gasteiger partial charge in [0.15, 0.2) is 0 Å². The molecule has 1 unspecified atom stereocenters. The number of esters is 1. The topological polar surface area (TPSA) is 113 Å². The minimum Gasteiger partial charge on any atom is -0.508 e. The van der Waals surface area contributed by atoms with Crippen LogP contribution in [0.4, 0.5) is 5.69 Å². The first kappa shape index (κ1) is 27.4. The van der Waals surface area contributed by atoms with E-state index >= 15 is 0 Å². The normalized spacial score (nSPS) is 16.5. The fourth-order valence-electron chi connectivity index (χ4n) is 4.26. The maximum absolute atomic E-state index is 13.4. The molecule has 2 N–H and O–H groups in total. The molecular weight excluding hydrogens is 498 g/mol. The molecule has 1 heterocycles. The Balaban J connectivity index is 1.79. The van der Waals surface area contributed by atoms with Crippen molar-refractivity contribution in [3.63, 3.8) is 0 Å². The first-order chi connectivity index (χ1) is 18.7. The Morgan fingerprint density at radius 2 is 1.67 bits per heavy atom. The van der Waals surface area contributed by atoms with E-state index in [1.54, 1.807) is 54.6 Å². The third-order valence-corrected chi connectivity index (χ3v) is 6.16. The molecule has 39 heavy (non-hydrogen) atoms. The summed E-state index contributed by atoms with van der Waals surface area (Å²) in [6, 6.07) is 17.9. The molecule has 1 aliphatic rings. The predicted molar refractivity (Wildman–Crippen MR) is 147 cm³/mol. The zero-order valence-electron chi connectivity index (χ0n) is 22.1. The molecule has 0 saturated carbocycles. The average Bonchev–Trinajstić information content (AvgIpc) is 3.20. The number of amides is 1. The number of hydrogen-bond acceptors (Lipinski definition) is 7. The minimum absolute atomic E-state index is 0.00774. The molecule has 202 valence electrons. The quantitative estimate of drug-likeness (QED) is 0.160. The lowest BCUT2D eigenvalue weighted by molar-refractivity contribution is -0.132. The second kappa shape index (κ2) is 11.9. The van der Waals surface area contributed by atoms with Crippen LogP contribution in [0, 0.1) is 5.92 Å². The fraction of sp³-hybridized carbons (Fsp3) is 0.258. The van der Waals surface area contributed by atoms with Gasteiger partial charge in [0, 0.05) is 11.3 Å². The zero-order chi connectivity index (χ0) is 28.1. The number of hydrogen-bond donors (Lipinski definition) is 2. The average molecular weight is 530 g/mol. The number of aliphatic hydroxyl groups is 1. The number of ketones is 1. The summed E-state index contributed by atoms with van der Waals surface area (Å²) in [6.45, 7) is 6.73. The second-order valence-corrected chi connectivity index (χ2v) is 9.68. The van der Waals surface area contributed by atoms with Crippen molar-refractivity contribution in [1.29, 1.82) is 0 Å². The number of anilines is 1. The van der Waals surface area contributed by atoms with Gasteiger partial charge in [-0.25, -0.2) is 4.79 Å². The molecule has 0 radical (unpaired) electrons. The van der Waals surface area contributed by atoms with E-state index in [0.717, 1.165) is 0 Å². The van der Waals surface area contributed by atoms with E-state index in [2.05, 4.69) is 0 Å². The molecule has 1 saturated heterocycles. The van der Waals surface area contributed by atoms with Crippen LogP contribution in [0.3, 0.4) is 0 Å². The van der Waals surface area contributed by atoms with Gasteiger partial charge in [-0.2, -0.15) is 0 Å². The Hall–Kier alpha value is -4.59. The van der Waals surface area contributed by atoms with E-state index in [0.29, 0.717) is 35.8 Å². The number of phenols is 1. The maximum Gasteiger partial charge on any atom is 0.338 e. The highest BCUT2D eigenvalue weighted by Gasteiger charge is 2.47. The van der Waals surface area contributed by atoms with Crippen LogP contribution in [0.1, 0.15) is 54.7 Å². The maximum atomic E-state index is 13.4. The van der Waals surface area contributed by atoms with Crippen molar-refractivity contribution in [2.45, 2.75) is 33.2 Å². The number of Topliss-reactive ketones (excluding diaryl/α,β-unsaturated/α-hetero) is 1. The SMILES string of the molecule is CCCOC(=O)c1cccc(N2C(=O)C(=O)/C(=C(/O)c3ccc(OCC(C)C)cc3)C2c2ccc(O)cc2)c1. The highest BCUT2D eigenvalue weighted by molar-refractivity contribution is 6.51. The van der Waals surface area contributed by atoms with E-state index in [9.17, 15) is 24.6 Å². The number of benzene rings is 3. The second-order valence-electron chi connectivity index (χ2n) is 9.68. The van der Waals surface area contributed by atoms with Crippen LogP contribution < -0.4 is 9.64 Å².